The van der Waals surface area contributed by atoms with Gasteiger partial charge in [0.25, 0.3) is 0 Å². The number of amides is 2. The fourth-order valence-corrected chi connectivity index (χ4v) is 3.69. The van der Waals surface area contributed by atoms with Gasteiger partial charge in [-0.2, -0.15) is 0 Å². The standard InChI is InChI=1S/C22H22FN3O2/c23-18-7-5-15(6-8-18)12-25-22(28)17-11-21(27)26(14-17)10-9-16-13-24-20-4-2-1-3-19(16)20/h1-8,13,17,24H,9-12,14H2,(H,25,28). The van der Waals surface area contributed by atoms with Gasteiger partial charge in [-0.05, 0) is 35.7 Å². The summed E-state index contributed by atoms with van der Waals surface area (Å²) in [4.78, 5) is 29.8. The summed E-state index contributed by atoms with van der Waals surface area (Å²) in [5.74, 6) is -0.757. The Bertz CT molecular complexity index is 996. The van der Waals surface area contributed by atoms with Gasteiger partial charge in [0.2, 0.25) is 11.8 Å². The van der Waals surface area contributed by atoms with Crippen molar-refractivity contribution in [2.45, 2.75) is 19.4 Å². The molecule has 1 aliphatic rings. The maximum atomic E-state index is 12.9. The number of benzene rings is 2. The number of halogens is 1. The Morgan fingerprint density at radius 3 is 2.79 bits per heavy atom. The highest BCUT2D eigenvalue weighted by molar-refractivity contribution is 5.89. The summed E-state index contributed by atoms with van der Waals surface area (Å²) >= 11 is 0. The van der Waals surface area contributed by atoms with Crippen molar-refractivity contribution in [1.82, 2.24) is 15.2 Å². The van der Waals surface area contributed by atoms with Crippen molar-refractivity contribution in [3.63, 3.8) is 0 Å². The van der Waals surface area contributed by atoms with Gasteiger partial charge in [0.1, 0.15) is 5.82 Å². The predicted molar refractivity (Wildman–Crippen MR) is 105 cm³/mol. The van der Waals surface area contributed by atoms with E-state index in [1.165, 1.54) is 23.1 Å². The first-order chi connectivity index (χ1) is 13.6. The minimum atomic E-state index is -0.337. The number of hydrogen-bond acceptors (Lipinski definition) is 2. The van der Waals surface area contributed by atoms with Crippen LogP contribution in [-0.2, 0) is 22.6 Å². The zero-order valence-electron chi connectivity index (χ0n) is 15.5. The van der Waals surface area contributed by atoms with Crippen molar-refractivity contribution in [1.29, 1.82) is 0 Å². The Kier molecular flexibility index (Phi) is 5.10. The van der Waals surface area contributed by atoms with E-state index in [4.69, 9.17) is 0 Å². The van der Waals surface area contributed by atoms with Crippen LogP contribution in [0.15, 0.2) is 54.7 Å². The second kappa shape index (κ2) is 7.84. The molecule has 1 saturated heterocycles. The zero-order valence-corrected chi connectivity index (χ0v) is 15.5. The number of fused-ring (bicyclic) bond motifs is 1. The first-order valence-electron chi connectivity index (χ1n) is 9.45. The number of hydrogen-bond donors (Lipinski definition) is 2. The Morgan fingerprint density at radius 2 is 1.96 bits per heavy atom. The number of carbonyl (C=O) groups excluding carboxylic acids is 2. The minimum absolute atomic E-state index is 0.0155. The first kappa shape index (κ1) is 18.2. The van der Waals surface area contributed by atoms with E-state index < -0.39 is 0 Å². The molecular formula is C22H22FN3O2. The van der Waals surface area contributed by atoms with E-state index in [0.29, 0.717) is 19.6 Å². The largest absolute Gasteiger partial charge is 0.361 e. The fraction of sp³-hybridized carbons (Fsp3) is 0.273. The summed E-state index contributed by atoms with van der Waals surface area (Å²) in [6.45, 7) is 1.37. The molecule has 0 saturated carbocycles. The SMILES string of the molecule is O=C(NCc1ccc(F)cc1)C1CC(=O)N(CCc2c[nH]c3ccccc23)C1. The lowest BCUT2D eigenvalue weighted by molar-refractivity contribution is -0.129. The van der Waals surface area contributed by atoms with Gasteiger partial charge in [-0.15, -0.1) is 0 Å². The number of aromatic amines is 1. The number of aromatic nitrogens is 1. The molecular weight excluding hydrogens is 357 g/mol. The molecule has 4 rings (SSSR count). The molecule has 1 fully saturated rings. The van der Waals surface area contributed by atoms with Crippen molar-refractivity contribution in [3.8, 4) is 0 Å². The first-order valence-corrected chi connectivity index (χ1v) is 9.45. The van der Waals surface area contributed by atoms with Crippen LogP contribution in [-0.4, -0.2) is 34.8 Å². The topological polar surface area (TPSA) is 65.2 Å². The number of nitrogens with one attached hydrogen (secondary N) is 2. The molecule has 0 spiro atoms. The smallest absolute Gasteiger partial charge is 0.225 e. The monoisotopic (exact) mass is 379 g/mol. The van der Waals surface area contributed by atoms with E-state index in [9.17, 15) is 14.0 Å². The Balaban J connectivity index is 1.30. The van der Waals surface area contributed by atoms with Crippen molar-refractivity contribution < 1.29 is 14.0 Å². The third kappa shape index (κ3) is 3.91. The van der Waals surface area contributed by atoms with Crippen LogP contribution in [0.25, 0.3) is 10.9 Å². The lowest BCUT2D eigenvalue weighted by Crippen LogP contribution is -2.33. The van der Waals surface area contributed by atoms with Crippen LogP contribution in [0.2, 0.25) is 0 Å². The fourth-order valence-electron chi connectivity index (χ4n) is 3.69. The normalized spacial score (nSPS) is 16.7. The molecule has 1 aliphatic heterocycles. The zero-order chi connectivity index (χ0) is 19.5. The number of nitrogens with zero attached hydrogens (tertiary/aromatic N) is 1. The van der Waals surface area contributed by atoms with E-state index >= 15 is 0 Å². The predicted octanol–water partition coefficient (Wildman–Crippen LogP) is 3.01. The minimum Gasteiger partial charge on any atom is -0.361 e. The second-order valence-electron chi connectivity index (χ2n) is 7.19. The Hall–Kier alpha value is -3.15. The van der Waals surface area contributed by atoms with Crippen LogP contribution in [0, 0.1) is 11.7 Å². The summed E-state index contributed by atoms with van der Waals surface area (Å²) in [5, 5.41) is 4.02. The summed E-state index contributed by atoms with van der Waals surface area (Å²) in [5.41, 5.74) is 3.09. The molecule has 28 heavy (non-hydrogen) atoms. The average Bonchev–Trinajstić information content (AvgIpc) is 3.29. The lowest BCUT2D eigenvalue weighted by atomic mass is 10.1. The van der Waals surface area contributed by atoms with Gasteiger partial charge in [0, 0.05) is 43.2 Å². The highest BCUT2D eigenvalue weighted by Gasteiger charge is 2.33. The van der Waals surface area contributed by atoms with E-state index in [1.54, 1.807) is 17.0 Å². The Labute approximate surface area is 162 Å². The third-order valence-electron chi connectivity index (χ3n) is 5.29. The molecule has 2 amide bonds. The van der Waals surface area contributed by atoms with E-state index in [0.717, 1.165) is 17.5 Å². The number of carbonyl (C=O) groups is 2. The summed E-state index contributed by atoms with van der Waals surface area (Å²) < 4.78 is 12.9. The van der Waals surface area contributed by atoms with Crippen LogP contribution in [0.5, 0.6) is 0 Å². The summed E-state index contributed by atoms with van der Waals surface area (Å²) in [6.07, 6.45) is 2.97. The molecule has 144 valence electrons. The molecule has 1 aromatic heterocycles. The molecule has 0 bridgehead atoms. The average molecular weight is 379 g/mol. The number of rotatable bonds is 6. The number of para-hydroxylation sites is 1. The van der Waals surface area contributed by atoms with Gasteiger partial charge in [-0.25, -0.2) is 4.39 Å². The molecule has 5 nitrogen and oxygen atoms in total. The number of H-pyrrole nitrogens is 1. The second-order valence-corrected chi connectivity index (χ2v) is 7.19. The van der Waals surface area contributed by atoms with Crippen LogP contribution < -0.4 is 5.32 Å². The molecule has 0 aliphatic carbocycles. The van der Waals surface area contributed by atoms with E-state index in [-0.39, 0.29) is 30.0 Å². The maximum Gasteiger partial charge on any atom is 0.225 e. The molecule has 2 heterocycles. The van der Waals surface area contributed by atoms with Gasteiger partial charge < -0.3 is 15.2 Å². The van der Waals surface area contributed by atoms with Gasteiger partial charge in [-0.1, -0.05) is 30.3 Å². The molecule has 3 aromatic rings. The lowest BCUT2D eigenvalue weighted by Gasteiger charge is -2.16. The molecule has 1 atom stereocenters. The van der Waals surface area contributed by atoms with Gasteiger partial charge in [0.15, 0.2) is 0 Å². The summed E-state index contributed by atoms with van der Waals surface area (Å²) in [7, 11) is 0. The van der Waals surface area contributed by atoms with Crippen LogP contribution in [0.1, 0.15) is 17.5 Å². The summed E-state index contributed by atoms with van der Waals surface area (Å²) in [6, 6.07) is 14.1. The maximum absolute atomic E-state index is 12.9. The van der Waals surface area contributed by atoms with Crippen LogP contribution in [0.3, 0.4) is 0 Å². The number of likely N-dealkylation sites (tertiary alicyclic amines) is 1. The van der Waals surface area contributed by atoms with Crippen LogP contribution >= 0.6 is 0 Å². The van der Waals surface area contributed by atoms with Gasteiger partial charge in [-0.3, -0.25) is 9.59 Å². The molecule has 6 heteroatoms. The van der Waals surface area contributed by atoms with Crippen molar-refractivity contribution in [2.24, 2.45) is 5.92 Å². The van der Waals surface area contributed by atoms with Gasteiger partial charge in [0.05, 0.1) is 5.92 Å². The molecule has 2 aromatic carbocycles. The quantitative estimate of drug-likeness (QED) is 0.691. The molecule has 2 N–H and O–H groups in total. The van der Waals surface area contributed by atoms with Crippen molar-refractivity contribution in [2.75, 3.05) is 13.1 Å². The Morgan fingerprint density at radius 1 is 1.18 bits per heavy atom. The van der Waals surface area contributed by atoms with Crippen molar-refractivity contribution in [3.05, 3.63) is 71.7 Å². The highest BCUT2D eigenvalue weighted by atomic mass is 19.1. The van der Waals surface area contributed by atoms with Crippen molar-refractivity contribution >= 4 is 22.7 Å². The molecule has 0 radical (unpaired) electrons. The molecule has 1 unspecified atom stereocenters. The van der Waals surface area contributed by atoms with Gasteiger partial charge >= 0.3 is 0 Å². The van der Waals surface area contributed by atoms with Crippen LogP contribution in [0.4, 0.5) is 4.39 Å². The van der Waals surface area contributed by atoms with E-state index in [2.05, 4.69) is 16.4 Å². The highest BCUT2D eigenvalue weighted by Crippen LogP contribution is 2.22. The third-order valence-corrected chi connectivity index (χ3v) is 5.29. The van der Waals surface area contributed by atoms with E-state index in [1.807, 2.05) is 24.4 Å².